The van der Waals surface area contributed by atoms with Crippen LogP contribution < -0.4 is 4.74 Å². The van der Waals surface area contributed by atoms with Crippen molar-refractivity contribution in [3.63, 3.8) is 0 Å². The zero-order valence-electron chi connectivity index (χ0n) is 7.27. The smallest absolute Gasteiger partial charge is 0.235 e. The number of ether oxygens (including phenoxy) is 1. The van der Waals surface area contributed by atoms with Crippen molar-refractivity contribution in [3.05, 3.63) is 29.3 Å². The summed E-state index contributed by atoms with van der Waals surface area (Å²) in [5.41, 5.74) is -0.0983. The van der Waals surface area contributed by atoms with Crippen LogP contribution in [0.5, 0.6) is 5.75 Å². The second kappa shape index (κ2) is 3.68. The summed E-state index contributed by atoms with van der Waals surface area (Å²) in [6.45, 7) is 2.43. The van der Waals surface area contributed by atoms with Crippen molar-refractivity contribution in [1.29, 1.82) is 0 Å². The summed E-state index contributed by atoms with van der Waals surface area (Å²) >= 11 is 0. The third-order valence-corrected chi connectivity index (χ3v) is 1.55. The van der Waals surface area contributed by atoms with Gasteiger partial charge in [0, 0.05) is 24.6 Å². The Hall–Kier alpha value is -1.19. The molecule has 0 radical (unpaired) electrons. The average molecular weight is 190 g/mol. The van der Waals surface area contributed by atoms with E-state index in [0.717, 1.165) is 19.1 Å². The van der Waals surface area contributed by atoms with Gasteiger partial charge in [-0.05, 0) is 6.92 Å². The highest BCUT2D eigenvalue weighted by Gasteiger charge is 2.09. The molecule has 4 heteroatoms. The third kappa shape index (κ3) is 2.37. The van der Waals surface area contributed by atoms with E-state index in [0.29, 0.717) is 0 Å². The maximum atomic E-state index is 12.8. The molecule has 0 N–H and O–H groups in total. The summed E-state index contributed by atoms with van der Waals surface area (Å²) in [6.07, 6.45) is -1.58. The Balaban J connectivity index is 2.99. The standard InChI is InChI=1S/C9H9F3O/c1-5-8(11)3-7(4-9(5)12)13-6(2)10/h3-4,6H,1-2H3. The first-order chi connectivity index (χ1) is 6.00. The van der Waals surface area contributed by atoms with E-state index < -0.39 is 18.0 Å². The molecule has 0 spiro atoms. The van der Waals surface area contributed by atoms with Gasteiger partial charge in [0.25, 0.3) is 0 Å². The minimum Gasteiger partial charge on any atom is -0.461 e. The fourth-order valence-corrected chi connectivity index (χ4v) is 0.878. The van der Waals surface area contributed by atoms with Crippen LogP contribution in [0.4, 0.5) is 13.2 Å². The van der Waals surface area contributed by atoms with E-state index in [1.807, 2.05) is 0 Å². The monoisotopic (exact) mass is 190 g/mol. The highest BCUT2D eigenvalue weighted by Crippen LogP contribution is 2.20. The van der Waals surface area contributed by atoms with Crippen LogP contribution in [0.15, 0.2) is 12.1 Å². The lowest BCUT2D eigenvalue weighted by Crippen LogP contribution is -2.04. The first kappa shape index (κ1) is 9.89. The number of benzene rings is 1. The molecule has 0 bridgehead atoms. The van der Waals surface area contributed by atoms with Crippen molar-refractivity contribution < 1.29 is 17.9 Å². The Kier molecular flexibility index (Phi) is 2.80. The molecule has 0 amide bonds. The second-order valence-electron chi connectivity index (χ2n) is 2.67. The molecule has 1 nitrogen and oxygen atoms in total. The van der Waals surface area contributed by atoms with E-state index in [1.54, 1.807) is 0 Å². The SMILES string of the molecule is Cc1c(F)cc(OC(C)F)cc1F. The lowest BCUT2D eigenvalue weighted by Gasteiger charge is -2.08. The van der Waals surface area contributed by atoms with Gasteiger partial charge < -0.3 is 4.74 Å². The molecular weight excluding hydrogens is 181 g/mol. The zero-order chi connectivity index (χ0) is 10.0. The van der Waals surface area contributed by atoms with Gasteiger partial charge in [0.15, 0.2) is 0 Å². The van der Waals surface area contributed by atoms with Crippen molar-refractivity contribution in [3.8, 4) is 5.75 Å². The Bertz CT molecular complexity index is 287. The first-order valence-corrected chi connectivity index (χ1v) is 3.77. The Morgan fingerprint density at radius 3 is 2.08 bits per heavy atom. The predicted octanol–water partition coefficient (Wildman–Crippen LogP) is 2.97. The van der Waals surface area contributed by atoms with E-state index >= 15 is 0 Å². The fraction of sp³-hybridized carbons (Fsp3) is 0.333. The number of alkyl halides is 1. The van der Waals surface area contributed by atoms with Gasteiger partial charge in [0.1, 0.15) is 17.4 Å². The molecule has 0 saturated heterocycles. The fourth-order valence-electron chi connectivity index (χ4n) is 0.878. The topological polar surface area (TPSA) is 9.23 Å². The average Bonchev–Trinajstić information content (AvgIpc) is 1.98. The molecule has 0 aliphatic carbocycles. The number of halogens is 3. The predicted molar refractivity (Wildman–Crippen MR) is 42.3 cm³/mol. The number of hydrogen-bond donors (Lipinski definition) is 0. The molecule has 0 heterocycles. The molecule has 72 valence electrons. The van der Waals surface area contributed by atoms with Crippen LogP contribution in [0.2, 0.25) is 0 Å². The first-order valence-electron chi connectivity index (χ1n) is 3.77. The third-order valence-electron chi connectivity index (χ3n) is 1.55. The van der Waals surface area contributed by atoms with Gasteiger partial charge in [0.2, 0.25) is 6.36 Å². The molecule has 0 aromatic heterocycles. The molecule has 1 aromatic rings. The van der Waals surface area contributed by atoms with Crippen molar-refractivity contribution in [2.24, 2.45) is 0 Å². The van der Waals surface area contributed by atoms with E-state index in [2.05, 4.69) is 4.74 Å². The summed E-state index contributed by atoms with van der Waals surface area (Å²) in [6, 6.07) is 1.91. The molecule has 1 aromatic carbocycles. The van der Waals surface area contributed by atoms with Gasteiger partial charge in [-0.25, -0.2) is 13.2 Å². The van der Waals surface area contributed by atoms with E-state index in [9.17, 15) is 13.2 Å². The van der Waals surface area contributed by atoms with Crippen molar-refractivity contribution in [2.45, 2.75) is 20.2 Å². The van der Waals surface area contributed by atoms with Crippen molar-refractivity contribution in [2.75, 3.05) is 0 Å². The maximum absolute atomic E-state index is 12.8. The van der Waals surface area contributed by atoms with Gasteiger partial charge in [-0.1, -0.05) is 0 Å². The molecule has 0 fully saturated rings. The normalized spacial score (nSPS) is 12.7. The second-order valence-corrected chi connectivity index (χ2v) is 2.67. The van der Waals surface area contributed by atoms with Gasteiger partial charge >= 0.3 is 0 Å². The van der Waals surface area contributed by atoms with Crippen LogP contribution >= 0.6 is 0 Å². The molecule has 1 atom stereocenters. The van der Waals surface area contributed by atoms with E-state index in [1.165, 1.54) is 6.92 Å². The van der Waals surface area contributed by atoms with Gasteiger partial charge in [-0.15, -0.1) is 0 Å². The van der Waals surface area contributed by atoms with Crippen LogP contribution in [0.3, 0.4) is 0 Å². The Morgan fingerprint density at radius 1 is 1.23 bits per heavy atom. The summed E-state index contributed by atoms with van der Waals surface area (Å²) in [5.74, 6) is -1.62. The van der Waals surface area contributed by atoms with Crippen molar-refractivity contribution in [1.82, 2.24) is 0 Å². The molecule has 1 rings (SSSR count). The molecule has 13 heavy (non-hydrogen) atoms. The lowest BCUT2D eigenvalue weighted by molar-refractivity contribution is 0.0853. The summed E-state index contributed by atoms with van der Waals surface area (Å²) in [4.78, 5) is 0. The Morgan fingerprint density at radius 2 is 1.69 bits per heavy atom. The quantitative estimate of drug-likeness (QED) is 0.696. The Labute approximate surface area is 74.1 Å². The van der Waals surface area contributed by atoms with E-state index in [4.69, 9.17) is 0 Å². The number of rotatable bonds is 2. The van der Waals surface area contributed by atoms with Crippen LogP contribution in [0.25, 0.3) is 0 Å². The molecule has 0 aliphatic rings. The van der Waals surface area contributed by atoms with Crippen LogP contribution in [-0.2, 0) is 0 Å². The summed E-state index contributed by atoms with van der Waals surface area (Å²) in [5, 5.41) is 0. The summed E-state index contributed by atoms with van der Waals surface area (Å²) in [7, 11) is 0. The van der Waals surface area contributed by atoms with Crippen LogP contribution in [0, 0.1) is 18.6 Å². The van der Waals surface area contributed by atoms with Crippen LogP contribution in [-0.4, -0.2) is 6.36 Å². The molecule has 1 unspecified atom stereocenters. The van der Waals surface area contributed by atoms with Gasteiger partial charge in [0.05, 0.1) is 0 Å². The van der Waals surface area contributed by atoms with Crippen LogP contribution in [0.1, 0.15) is 12.5 Å². The lowest BCUT2D eigenvalue weighted by atomic mass is 10.2. The molecule has 0 saturated carbocycles. The van der Waals surface area contributed by atoms with Gasteiger partial charge in [-0.2, -0.15) is 0 Å². The molecular formula is C9H9F3O. The molecule has 0 aliphatic heterocycles. The van der Waals surface area contributed by atoms with Gasteiger partial charge in [-0.3, -0.25) is 0 Å². The minimum absolute atomic E-state index is 0.0983. The van der Waals surface area contributed by atoms with Crippen molar-refractivity contribution >= 4 is 0 Å². The summed E-state index contributed by atoms with van der Waals surface area (Å²) < 4.78 is 42.5. The largest absolute Gasteiger partial charge is 0.461 e. The highest BCUT2D eigenvalue weighted by molar-refractivity contribution is 5.29. The highest BCUT2D eigenvalue weighted by atomic mass is 19.1. The maximum Gasteiger partial charge on any atom is 0.235 e. The zero-order valence-corrected chi connectivity index (χ0v) is 7.27. The number of hydrogen-bond acceptors (Lipinski definition) is 1. The van der Waals surface area contributed by atoms with E-state index in [-0.39, 0.29) is 11.3 Å². The minimum atomic E-state index is -1.58.